The first-order valence-electron chi connectivity index (χ1n) is 12.2. The Labute approximate surface area is 219 Å². The van der Waals surface area contributed by atoms with E-state index in [0.29, 0.717) is 23.6 Å². The molecule has 5 rings (SSSR count). The number of amides is 2. The van der Waals surface area contributed by atoms with E-state index in [9.17, 15) is 9.59 Å². The van der Waals surface area contributed by atoms with Gasteiger partial charge in [-0.05, 0) is 49.2 Å². The summed E-state index contributed by atoms with van der Waals surface area (Å²) in [6.45, 7) is 3.26. The topological polar surface area (TPSA) is 78.9 Å². The van der Waals surface area contributed by atoms with Crippen LogP contribution in [0.1, 0.15) is 28.4 Å². The van der Waals surface area contributed by atoms with Gasteiger partial charge in [-0.3, -0.25) is 9.59 Å². The Balaban J connectivity index is 1.42. The number of hydrogen-bond acceptors (Lipinski definition) is 2. The van der Waals surface area contributed by atoms with Crippen LogP contribution >= 0.6 is 11.6 Å². The largest absolute Gasteiger partial charge is 0.361 e. The van der Waals surface area contributed by atoms with Gasteiger partial charge < -0.3 is 20.2 Å². The van der Waals surface area contributed by atoms with Crippen LogP contribution in [0.25, 0.3) is 27.9 Å². The fraction of sp³-hybridized carbons (Fsp3) is 0.133. The van der Waals surface area contributed by atoms with Crippen molar-refractivity contribution in [3.63, 3.8) is 0 Å². The number of nitrogens with zero attached hydrogens (tertiary/aromatic N) is 1. The van der Waals surface area contributed by atoms with Crippen LogP contribution in [0.5, 0.6) is 0 Å². The minimum absolute atomic E-state index is 0.155. The number of carbonyl (C=O) groups is 2. The van der Waals surface area contributed by atoms with Crippen molar-refractivity contribution in [3.8, 4) is 0 Å². The fourth-order valence-corrected chi connectivity index (χ4v) is 4.77. The molecule has 0 saturated carbocycles. The summed E-state index contributed by atoms with van der Waals surface area (Å²) in [6.07, 6.45) is 6.33. The molecule has 0 aliphatic heterocycles. The molecule has 7 heteroatoms. The molecule has 186 valence electrons. The average molecular weight is 511 g/mol. The second kappa shape index (κ2) is 10.8. The van der Waals surface area contributed by atoms with Crippen molar-refractivity contribution in [1.82, 2.24) is 20.2 Å². The molecule has 0 saturated heterocycles. The van der Waals surface area contributed by atoms with Crippen LogP contribution in [0.2, 0.25) is 5.02 Å². The van der Waals surface area contributed by atoms with E-state index in [1.165, 1.54) is 0 Å². The SMILES string of the molecule is CCn1cc(C=C(NC(=O)c2ccccc2Cl)C(=O)NCCc2c[nH]c3ccccc23)c2ccccc21. The third-order valence-electron chi connectivity index (χ3n) is 6.43. The summed E-state index contributed by atoms with van der Waals surface area (Å²) < 4.78 is 2.11. The fourth-order valence-electron chi connectivity index (χ4n) is 4.55. The number of halogens is 1. The highest BCUT2D eigenvalue weighted by Gasteiger charge is 2.18. The van der Waals surface area contributed by atoms with E-state index >= 15 is 0 Å². The van der Waals surface area contributed by atoms with Crippen LogP contribution in [-0.4, -0.2) is 27.9 Å². The predicted octanol–water partition coefficient (Wildman–Crippen LogP) is 5.93. The number of nitrogens with one attached hydrogen (secondary N) is 3. The molecule has 2 heterocycles. The van der Waals surface area contributed by atoms with E-state index < -0.39 is 5.91 Å². The van der Waals surface area contributed by atoms with Gasteiger partial charge in [0.2, 0.25) is 0 Å². The molecule has 0 bridgehead atoms. The van der Waals surface area contributed by atoms with E-state index in [4.69, 9.17) is 11.6 Å². The first-order chi connectivity index (χ1) is 18.0. The van der Waals surface area contributed by atoms with Crippen LogP contribution in [0.15, 0.2) is 90.9 Å². The minimum atomic E-state index is -0.442. The Kier molecular flexibility index (Phi) is 7.10. The highest BCUT2D eigenvalue weighted by atomic mass is 35.5. The molecule has 2 aromatic heterocycles. The van der Waals surface area contributed by atoms with Gasteiger partial charge in [-0.2, -0.15) is 0 Å². The number of benzene rings is 3. The number of aryl methyl sites for hydroxylation is 1. The number of aromatic amines is 1. The molecule has 37 heavy (non-hydrogen) atoms. The Morgan fingerprint density at radius 1 is 0.973 bits per heavy atom. The number of fused-ring (bicyclic) bond motifs is 2. The summed E-state index contributed by atoms with van der Waals surface area (Å²) in [6, 6.07) is 22.8. The highest BCUT2D eigenvalue weighted by Crippen LogP contribution is 2.24. The van der Waals surface area contributed by atoms with Crippen molar-refractivity contribution >= 4 is 51.3 Å². The molecule has 0 atom stereocenters. The molecular weight excluding hydrogens is 484 g/mol. The van der Waals surface area contributed by atoms with Crippen molar-refractivity contribution in [2.75, 3.05) is 6.54 Å². The molecule has 0 radical (unpaired) electrons. The van der Waals surface area contributed by atoms with Crippen molar-refractivity contribution in [2.45, 2.75) is 19.9 Å². The van der Waals surface area contributed by atoms with E-state index in [0.717, 1.165) is 39.5 Å². The lowest BCUT2D eigenvalue weighted by Gasteiger charge is -2.12. The lowest BCUT2D eigenvalue weighted by molar-refractivity contribution is -0.117. The summed E-state index contributed by atoms with van der Waals surface area (Å²) >= 11 is 6.24. The zero-order valence-corrected chi connectivity index (χ0v) is 21.2. The maximum Gasteiger partial charge on any atom is 0.267 e. The molecule has 6 nitrogen and oxygen atoms in total. The molecule has 0 unspecified atom stereocenters. The van der Waals surface area contributed by atoms with Crippen molar-refractivity contribution < 1.29 is 9.59 Å². The number of hydrogen-bond donors (Lipinski definition) is 3. The second-order valence-electron chi connectivity index (χ2n) is 8.74. The number of para-hydroxylation sites is 2. The summed E-state index contributed by atoms with van der Waals surface area (Å²) in [5, 5.41) is 8.22. The van der Waals surface area contributed by atoms with Crippen LogP contribution in [0.4, 0.5) is 0 Å². The van der Waals surface area contributed by atoms with Crippen molar-refractivity contribution in [3.05, 3.63) is 113 Å². The van der Waals surface area contributed by atoms with Crippen LogP contribution in [0.3, 0.4) is 0 Å². The molecule has 2 amide bonds. The summed E-state index contributed by atoms with van der Waals surface area (Å²) in [7, 11) is 0. The minimum Gasteiger partial charge on any atom is -0.361 e. The maximum absolute atomic E-state index is 13.4. The lowest BCUT2D eigenvalue weighted by Crippen LogP contribution is -2.35. The highest BCUT2D eigenvalue weighted by molar-refractivity contribution is 6.34. The van der Waals surface area contributed by atoms with Crippen molar-refractivity contribution in [1.29, 1.82) is 0 Å². The Bertz CT molecular complexity index is 1630. The van der Waals surface area contributed by atoms with Gasteiger partial charge >= 0.3 is 0 Å². The molecule has 3 aromatic carbocycles. The Hall–Kier alpha value is -4.29. The first-order valence-corrected chi connectivity index (χ1v) is 12.6. The first kappa shape index (κ1) is 24.4. The number of rotatable bonds is 8. The Morgan fingerprint density at radius 3 is 2.51 bits per heavy atom. The maximum atomic E-state index is 13.4. The number of aromatic nitrogens is 2. The zero-order valence-electron chi connectivity index (χ0n) is 20.4. The summed E-state index contributed by atoms with van der Waals surface area (Å²) in [5.41, 5.74) is 4.54. The van der Waals surface area contributed by atoms with Crippen LogP contribution in [0, 0.1) is 0 Å². The van der Waals surface area contributed by atoms with Gasteiger partial charge in [-0.25, -0.2) is 0 Å². The van der Waals surface area contributed by atoms with E-state index in [2.05, 4.69) is 33.2 Å². The molecule has 3 N–H and O–H groups in total. The van der Waals surface area contributed by atoms with Gasteiger partial charge in [0.1, 0.15) is 5.70 Å². The molecular formula is C30H27ClN4O2. The smallest absolute Gasteiger partial charge is 0.267 e. The lowest BCUT2D eigenvalue weighted by atomic mass is 10.1. The average Bonchev–Trinajstić information content (AvgIpc) is 3.50. The van der Waals surface area contributed by atoms with Crippen molar-refractivity contribution in [2.24, 2.45) is 0 Å². The normalized spacial score (nSPS) is 11.7. The molecule has 0 spiro atoms. The quantitative estimate of drug-likeness (QED) is 0.226. The standard InChI is InChI=1S/C30H27ClN4O2/c1-2-35-19-21(23-10-5-8-14-28(23)35)17-27(34-29(36)24-11-3-6-12-25(24)31)30(37)32-16-15-20-18-33-26-13-7-4-9-22(20)26/h3-14,17-19,33H,2,15-16H2,1H3,(H,32,37)(H,34,36). The molecule has 0 aliphatic rings. The third kappa shape index (κ3) is 5.15. The molecule has 0 fully saturated rings. The van der Waals surface area contributed by atoms with Gasteiger partial charge in [0, 0.05) is 52.9 Å². The van der Waals surface area contributed by atoms with Gasteiger partial charge in [0.25, 0.3) is 11.8 Å². The molecule has 5 aromatic rings. The summed E-state index contributed by atoms with van der Waals surface area (Å²) in [4.78, 5) is 29.7. The molecule has 0 aliphatic carbocycles. The van der Waals surface area contributed by atoms with E-state index in [1.54, 1.807) is 30.3 Å². The number of carbonyl (C=O) groups excluding carboxylic acids is 2. The predicted molar refractivity (Wildman–Crippen MR) is 150 cm³/mol. The summed E-state index contributed by atoms with van der Waals surface area (Å²) in [5.74, 6) is -0.809. The Morgan fingerprint density at radius 2 is 1.70 bits per heavy atom. The van der Waals surface area contributed by atoms with E-state index in [1.807, 2.05) is 54.9 Å². The number of H-pyrrole nitrogens is 1. The zero-order chi connectivity index (χ0) is 25.8. The third-order valence-corrected chi connectivity index (χ3v) is 6.76. The van der Waals surface area contributed by atoms with Gasteiger partial charge in [0.05, 0.1) is 10.6 Å². The van der Waals surface area contributed by atoms with Crippen LogP contribution < -0.4 is 10.6 Å². The second-order valence-corrected chi connectivity index (χ2v) is 9.15. The van der Waals surface area contributed by atoms with Gasteiger partial charge in [0.15, 0.2) is 0 Å². The monoisotopic (exact) mass is 510 g/mol. The van der Waals surface area contributed by atoms with Crippen LogP contribution in [-0.2, 0) is 17.8 Å². The van der Waals surface area contributed by atoms with E-state index in [-0.39, 0.29) is 11.6 Å². The van der Waals surface area contributed by atoms with Gasteiger partial charge in [-0.15, -0.1) is 0 Å². The van der Waals surface area contributed by atoms with Gasteiger partial charge in [-0.1, -0.05) is 60.1 Å².